The largest absolute Gasteiger partial charge is 0.261 e. The van der Waals surface area contributed by atoms with E-state index in [1.807, 2.05) is 6.20 Å². The molecular formula is C15H17N. The first-order valence-corrected chi connectivity index (χ1v) is 5.73. The van der Waals surface area contributed by atoms with Crippen molar-refractivity contribution in [2.75, 3.05) is 0 Å². The van der Waals surface area contributed by atoms with E-state index in [9.17, 15) is 0 Å². The van der Waals surface area contributed by atoms with Gasteiger partial charge >= 0.3 is 0 Å². The summed E-state index contributed by atoms with van der Waals surface area (Å²) in [6, 6.07) is 10.8. The maximum absolute atomic E-state index is 4.43. The monoisotopic (exact) mass is 211 g/mol. The van der Waals surface area contributed by atoms with Crippen LogP contribution in [-0.4, -0.2) is 4.98 Å². The van der Waals surface area contributed by atoms with E-state index in [0.29, 0.717) is 0 Å². The van der Waals surface area contributed by atoms with Crippen LogP contribution in [0.15, 0.2) is 36.5 Å². The summed E-state index contributed by atoms with van der Waals surface area (Å²) < 4.78 is 0. The molecule has 0 saturated carbocycles. The molecule has 0 unspecified atom stereocenters. The molecule has 1 heteroatoms. The van der Waals surface area contributed by atoms with Crippen LogP contribution < -0.4 is 0 Å². The smallest absolute Gasteiger partial charge is 0.0401 e. The number of nitrogens with zero attached hydrogens (tertiary/aromatic N) is 1. The van der Waals surface area contributed by atoms with Crippen LogP contribution >= 0.6 is 0 Å². The van der Waals surface area contributed by atoms with E-state index in [-0.39, 0.29) is 0 Å². The van der Waals surface area contributed by atoms with Crippen LogP contribution in [-0.2, 0) is 6.42 Å². The Morgan fingerprint density at radius 1 is 0.938 bits per heavy atom. The summed E-state index contributed by atoms with van der Waals surface area (Å²) in [5.41, 5.74) is 6.25. The van der Waals surface area contributed by atoms with Gasteiger partial charge in [-0.15, -0.1) is 0 Å². The molecule has 0 atom stereocenters. The highest BCUT2D eigenvalue weighted by molar-refractivity contribution is 5.63. The van der Waals surface area contributed by atoms with Crippen LogP contribution in [0.25, 0.3) is 11.1 Å². The van der Waals surface area contributed by atoms with Crippen LogP contribution in [0, 0.1) is 13.8 Å². The predicted octanol–water partition coefficient (Wildman–Crippen LogP) is 3.93. The quantitative estimate of drug-likeness (QED) is 0.733. The Balaban J connectivity index is 2.38. The van der Waals surface area contributed by atoms with Gasteiger partial charge in [-0.2, -0.15) is 0 Å². The lowest BCUT2D eigenvalue weighted by Crippen LogP contribution is -1.88. The van der Waals surface area contributed by atoms with Crippen molar-refractivity contribution in [2.45, 2.75) is 27.2 Å². The highest BCUT2D eigenvalue weighted by Gasteiger charge is 2.00. The molecule has 0 aliphatic rings. The highest BCUT2D eigenvalue weighted by Crippen LogP contribution is 2.21. The molecule has 1 heterocycles. The minimum absolute atomic E-state index is 0.993. The molecule has 1 aromatic heterocycles. The molecule has 0 aliphatic heterocycles. The highest BCUT2D eigenvalue weighted by atomic mass is 14.7. The number of hydrogen-bond acceptors (Lipinski definition) is 1. The number of aryl methyl sites for hydroxylation is 3. The van der Waals surface area contributed by atoms with Gasteiger partial charge in [0, 0.05) is 17.5 Å². The van der Waals surface area contributed by atoms with E-state index in [4.69, 9.17) is 0 Å². The molecule has 16 heavy (non-hydrogen) atoms. The van der Waals surface area contributed by atoms with Gasteiger partial charge in [0.05, 0.1) is 0 Å². The van der Waals surface area contributed by atoms with Gasteiger partial charge in [0.2, 0.25) is 0 Å². The normalized spacial score (nSPS) is 10.4. The third kappa shape index (κ3) is 2.13. The van der Waals surface area contributed by atoms with E-state index in [0.717, 1.165) is 12.1 Å². The van der Waals surface area contributed by atoms with Gasteiger partial charge in [-0.25, -0.2) is 0 Å². The lowest BCUT2D eigenvalue weighted by molar-refractivity contribution is 1.04. The summed E-state index contributed by atoms with van der Waals surface area (Å²) in [6.45, 7) is 6.41. The molecule has 0 aliphatic carbocycles. The average molecular weight is 211 g/mol. The molecule has 0 bridgehead atoms. The van der Waals surface area contributed by atoms with Gasteiger partial charge in [-0.3, -0.25) is 4.98 Å². The molecule has 0 amide bonds. The second kappa shape index (κ2) is 4.48. The van der Waals surface area contributed by atoms with Crippen LogP contribution in [0.3, 0.4) is 0 Å². The number of hydrogen-bond donors (Lipinski definition) is 0. The van der Waals surface area contributed by atoms with Crippen LogP contribution in [0.4, 0.5) is 0 Å². The standard InChI is InChI=1S/C15H17N/c1-4-15-8-7-14(10-16-15)13-6-5-11(2)12(3)9-13/h5-10H,4H2,1-3H3. The Labute approximate surface area is 97.2 Å². The number of pyridine rings is 1. The summed E-state index contributed by atoms with van der Waals surface area (Å²) in [5, 5.41) is 0. The summed E-state index contributed by atoms with van der Waals surface area (Å²) in [6.07, 6.45) is 2.95. The van der Waals surface area contributed by atoms with Crippen LogP contribution in [0.2, 0.25) is 0 Å². The third-order valence-corrected chi connectivity index (χ3v) is 3.03. The molecule has 0 radical (unpaired) electrons. The molecule has 1 aromatic carbocycles. The SMILES string of the molecule is CCc1ccc(-c2ccc(C)c(C)c2)cn1. The van der Waals surface area contributed by atoms with E-state index in [1.165, 1.54) is 22.3 Å². The predicted molar refractivity (Wildman–Crippen MR) is 68.5 cm³/mol. The lowest BCUT2D eigenvalue weighted by atomic mass is 10.0. The fraction of sp³-hybridized carbons (Fsp3) is 0.267. The zero-order valence-electron chi connectivity index (χ0n) is 10.1. The average Bonchev–Trinajstić information content (AvgIpc) is 2.33. The van der Waals surface area contributed by atoms with Crippen molar-refractivity contribution in [3.63, 3.8) is 0 Å². The van der Waals surface area contributed by atoms with Gasteiger partial charge < -0.3 is 0 Å². The van der Waals surface area contributed by atoms with Gasteiger partial charge in [0.15, 0.2) is 0 Å². The van der Waals surface area contributed by atoms with Gasteiger partial charge in [-0.05, 0) is 43.0 Å². The Morgan fingerprint density at radius 2 is 1.69 bits per heavy atom. The fourth-order valence-electron chi connectivity index (χ4n) is 1.73. The molecule has 0 fully saturated rings. The number of rotatable bonds is 2. The molecule has 0 N–H and O–H groups in total. The van der Waals surface area contributed by atoms with Crippen molar-refractivity contribution >= 4 is 0 Å². The summed E-state index contributed by atoms with van der Waals surface area (Å²) in [7, 11) is 0. The van der Waals surface area contributed by atoms with Gasteiger partial charge in [0.1, 0.15) is 0 Å². The molecule has 0 spiro atoms. The number of aromatic nitrogens is 1. The van der Waals surface area contributed by atoms with Crippen molar-refractivity contribution in [3.8, 4) is 11.1 Å². The van der Waals surface area contributed by atoms with Crippen molar-refractivity contribution < 1.29 is 0 Å². The fourth-order valence-corrected chi connectivity index (χ4v) is 1.73. The molecule has 2 rings (SSSR count). The molecular weight excluding hydrogens is 194 g/mol. The third-order valence-electron chi connectivity index (χ3n) is 3.03. The van der Waals surface area contributed by atoms with Crippen molar-refractivity contribution in [1.29, 1.82) is 0 Å². The van der Waals surface area contributed by atoms with Crippen molar-refractivity contribution in [2.24, 2.45) is 0 Å². The van der Waals surface area contributed by atoms with E-state index in [1.54, 1.807) is 0 Å². The summed E-state index contributed by atoms with van der Waals surface area (Å²) >= 11 is 0. The Hall–Kier alpha value is -1.63. The minimum Gasteiger partial charge on any atom is -0.261 e. The second-order valence-corrected chi connectivity index (χ2v) is 4.19. The second-order valence-electron chi connectivity index (χ2n) is 4.19. The van der Waals surface area contributed by atoms with E-state index in [2.05, 4.69) is 56.1 Å². The maximum atomic E-state index is 4.43. The minimum atomic E-state index is 0.993. The summed E-state index contributed by atoms with van der Waals surface area (Å²) in [4.78, 5) is 4.43. The molecule has 1 nitrogen and oxygen atoms in total. The van der Waals surface area contributed by atoms with Gasteiger partial charge in [-0.1, -0.05) is 31.2 Å². The number of benzene rings is 1. The molecule has 2 aromatic rings. The van der Waals surface area contributed by atoms with Crippen LogP contribution in [0.1, 0.15) is 23.7 Å². The Morgan fingerprint density at radius 3 is 2.25 bits per heavy atom. The van der Waals surface area contributed by atoms with Gasteiger partial charge in [0.25, 0.3) is 0 Å². The van der Waals surface area contributed by atoms with E-state index < -0.39 is 0 Å². The maximum Gasteiger partial charge on any atom is 0.0401 e. The Bertz CT molecular complexity index is 483. The Kier molecular flexibility index (Phi) is 3.04. The van der Waals surface area contributed by atoms with Crippen LogP contribution in [0.5, 0.6) is 0 Å². The molecule has 0 saturated heterocycles. The van der Waals surface area contributed by atoms with Crippen molar-refractivity contribution in [1.82, 2.24) is 4.98 Å². The van der Waals surface area contributed by atoms with E-state index >= 15 is 0 Å². The molecule has 82 valence electrons. The first-order chi connectivity index (χ1) is 7.70. The topological polar surface area (TPSA) is 12.9 Å². The first-order valence-electron chi connectivity index (χ1n) is 5.73. The zero-order chi connectivity index (χ0) is 11.5. The van der Waals surface area contributed by atoms with Crippen molar-refractivity contribution in [3.05, 3.63) is 53.3 Å². The summed E-state index contributed by atoms with van der Waals surface area (Å²) in [5.74, 6) is 0. The zero-order valence-corrected chi connectivity index (χ0v) is 10.1. The lowest BCUT2D eigenvalue weighted by Gasteiger charge is -2.05. The first kappa shape index (κ1) is 10.9.